The van der Waals surface area contributed by atoms with Crippen LogP contribution in [0.5, 0.6) is 11.5 Å². The molecule has 1 N–H and O–H groups in total. The van der Waals surface area contributed by atoms with Crippen LogP contribution in [-0.4, -0.2) is 40.6 Å². The number of ether oxygens (including phenoxy) is 2. The van der Waals surface area contributed by atoms with E-state index in [0.29, 0.717) is 11.5 Å². The van der Waals surface area contributed by atoms with E-state index in [0.717, 1.165) is 35.7 Å². The van der Waals surface area contributed by atoms with Crippen molar-refractivity contribution in [2.24, 2.45) is 0 Å². The van der Waals surface area contributed by atoms with E-state index >= 15 is 0 Å². The van der Waals surface area contributed by atoms with E-state index in [4.69, 9.17) is 14.6 Å². The first kappa shape index (κ1) is 15.8. The molecular weight excluding hydrogens is 318 g/mol. The molecule has 1 saturated heterocycles. The maximum Gasteiger partial charge on any atom is 0.178 e. The van der Waals surface area contributed by atoms with E-state index in [1.165, 1.54) is 12.8 Å². The minimum atomic E-state index is 0.205. The van der Waals surface area contributed by atoms with Crippen molar-refractivity contribution in [2.75, 3.05) is 20.8 Å². The second kappa shape index (κ2) is 6.68. The summed E-state index contributed by atoms with van der Waals surface area (Å²) in [7, 11) is 3.26. The van der Waals surface area contributed by atoms with Gasteiger partial charge in [0.1, 0.15) is 0 Å². The van der Waals surface area contributed by atoms with Gasteiger partial charge in [0.05, 0.1) is 26.0 Å². The monoisotopic (exact) mass is 339 g/mol. The van der Waals surface area contributed by atoms with Crippen molar-refractivity contribution in [3.63, 3.8) is 0 Å². The number of hydrogen-bond acceptors (Lipinski definition) is 6. The third-order valence-corrected chi connectivity index (χ3v) is 4.59. The molecule has 7 heteroatoms. The number of piperidine rings is 1. The van der Waals surface area contributed by atoms with E-state index < -0.39 is 0 Å². The van der Waals surface area contributed by atoms with Gasteiger partial charge in [-0.15, -0.1) is 10.2 Å². The molecule has 0 aliphatic carbocycles. The van der Waals surface area contributed by atoms with Crippen molar-refractivity contribution in [1.29, 1.82) is 0 Å². The standard InChI is InChI=1S/C18H21N5O2/c1-24-15-8-6-12(11-16(15)25-2)13-7-9-17-20-21-18(23(17)22-13)14-5-3-4-10-19-14/h6-9,11,14,19H,3-5,10H2,1-2H3/t14-/m1/s1. The molecule has 2 aromatic heterocycles. The Bertz CT molecular complexity index is 886. The number of fused-ring (bicyclic) bond motifs is 1. The third kappa shape index (κ3) is 2.91. The average Bonchev–Trinajstić information content (AvgIpc) is 3.11. The second-order valence-corrected chi connectivity index (χ2v) is 6.12. The molecule has 25 heavy (non-hydrogen) atoms. The van der Waals surface area contributed by atoms with E-state index in [2.05, 4.69) is 15.5 Å². The molecular formula is C18H21N5O2. The molecule has 0 unspecified atom stereocenters. The number of aromatic nitrogens is 4. The van der Waals surface area contributed by atoms with Crippen LogP contribution in [-0.2, 0) is 0 Å². The number of hydrogen-bond donors (Lipinski definition) is 1. The fraction of sp³-hybridized carbons (Fsp3) is 0.389. The molecule has 1 fully saturated rings. The molecule has 1 aromatic carbocycles. The Kier molecular flexibility index (Phi) is 4.23. The zero-order valence-electron chi connectivity index (χ0n) is 14.4. The Labute approximate surface area is 146 Å². The summed E-state index contributed by atoms with van der Waals surface area (Å²) in [6.45, 7) is 1.01. The number of methoxy groups -OCH3 is 2. The van der Waals surface area contributed by atoms with Gasteiger partial charge in [-0.25, -0.2) is 0 Å². The van der Waals surface area contributed by atoms with Crippen molar-refractivity contribution < 1.29 is 9.47 Å². The molecule has 0 radical (unpaired) electrons. The molecule has 130 valence electrons. The lowest BCUT2D eigenvalue weighted by Crippen LogP contribution is -2.28. The minimum absolute atomic E-state index is 0.205. The highest BCUT2D eigenvalue weighted by Crippen LogP contribution is 2.31. The molecule has 0 saturated carbocycles. The highest BCUT2D eigenvalue weighted by Gasteiger charge is 2.21. The van der Waals surface area contributed by atoms with Crippen molar-refractivity contribution >= 4 is 5.65 Å². The number of nitrogens with one attached hydrogen (secondary N) is 1. The highest BCUT2D eigenvalue weighted by molar-refractivity contribution is 5.64. The number of benzene rings is 1. The second-order valence-electron chi connectivity index (χ2n) is 6.12. The Hall–Kier alpha value is -2.67. The van der Waals surface area contributed by atoms with E-state index in [1.807, 2.05) is 34.8 Å². The van der Waals surface area contributed by atoms with Crippen molar-refractivity contribution in [3.05, 3.63) is 36.2 Å². The summed E-state index contributed by atoms with van der Waals surface area (Å²) in [5.41, 5.74) is 2.55. The van der Waals surface area contributed by atoms with Crippen LogP contribution in [0.25, 0.3) is 16.9 Å². The van der Waals surface area contributed by atoms with Gasteiger partial charge in [0.2, 0.25) is 0 Å². The Morgan fingerprint density at radius 2 is 1.92 bits per heavy atom. The van der Waals surface area contributed by atoms with E-state index in [-0.39, 0.29) is 6.04 Å². The zero-order valence-corrected chi connectivity index (χ0v) is 14.4. The van der Waals surface area contributed by atoms with Gasteiger partial charge in [-0.1, -0.05) is 6.42 Å². The number of rotatable bonds is 4. The van der Waals surface area contributed by atoms with Gasteiger partial charge in [0, 0.05) is 5.56 Å². The predicted molar refractivity (Wildman–Crippen MR) is 93.9 cm³/mol. The summed E-state index contributed by atoms with van der Waals surface area (Å²) in [5.74, 6) is 2.25. The van der Waals surface area contributed by atoms with Crippen molar-refractivity contribution in [1.82, 2.24) is 25.1 Å². The molecule has 3 aromatic rings. The molecule has 7 nitrogen and oxygen atoms in total. The third-order valence-electron chi connectivity index (χ3n) is 4.59. The molecule has 0 spiro atoms. The van der Waals surface area contributed by atoms with Crippen LogP contribution in [0, 0.1) is 0 Å². The molecule has 1 aliphatic rings. The van der Waals surface area contributed by atoms with Gasteiger partial charge in [-0.2, -0.15) is 9.61 Å². The fourth-order valence-corrected chi connectivity index (χ4v) is 3.24. The molecule has 4 rings (SSSR count). The number of nitrogens with zero attached hydrogens (tertiary/aromatic N) is 4. The van der Waals surface area contributed by atoms with Gasteiger partial charge in [0.15, 0.2) is 23.0 Å². The first-order chi connectivity index (χ1) is 12.3. The molecule has 1 atom stereocenters. The molecule has 1 aliphatic heterocycles. The zero-order chi connectivity index (χ0) is 17.2. The van der Waals surface area contributed by atoms with E-state index in [9.17, 15) is 0 Å². The predicted octanol–water partition coefficient (Wildman–Crippen LogP) is 2.62. The summed E-state index contributed by atoms with van der Waals surface area (Å²) < 4.78 is 12.5. The average molecular weight is 339 g/mol. The minimum Gasteiger partial charge on any atom is -0.493 e. The summed E-state index contributed by atoms with van der Waals surface area (Å²) >= 11 is 0. The van der Waals surface area contributed by atoms with Crippen LogP contribution in [0.15, 0.2) is 30.3 Å². The smallest absolute Gasteiger partial charge is 0.178 e. The summed E-state index contributed by atoms with van der Waals surface area (Å²) in [4.78, 5) is 0. The van der Waals surface area contributed by atoms with E-state index in [1.54, 1.807) is 14.2 Å². The van der Waals surface area contributed by atoms with Crippen LogP contribution < -0.4 is 14.8 Å². The van der Waals surface area contributed by atoms with Crippen molar-refractivity contribution in [2.45, 2.75) is 25.3 Å². The Balaban J connectivity index is 1.75. The lowest BCUT2D eigenvalue weighted by Gasteiger charge is -2.21. The molecule has 0 bridgehead atoms. The summed E-state index contributed by atoms with van der Waals surface area (Å²) in [6, 6.07) is 9.88. The van der Waals surface area contributed by atoms with Gasteiger partial charge < -0.3 is 14.8 Å². The lowest BCUT2D eigenvalue weighted by atomic mass is 10.0. The van der Waals surface area contributed by atoms with Gasteiger partial charge in [-0.05, 0) is 49.7 Å². The lowest BCUT2D eigenvalue weighted by molar-refractivity contribution is 0.355. The highest BCUT2D eigenvalue weighted by atomic mass is 16.5. The maximum absolute atomic E-state index is 5.40. The van der Waals surface area contributed by atoms with Crippen molar-refractivity contribution in [3.8, 4) is 22.8 Å². The fourth-order valence-electron chi connectivity index (χ4n) is 3.24. The molecule has 3 heterocycles. The summed E-state index contributed by atoms with van der Waals surface area (Å²) in [5, 5.41) is 16.9. The summed E-state index contributed by atoms with van der Waals surface area (Å²) in [6.07, 6.45) is 3.46. The van der Waals surface area contributed by atoms with Crippen LogP contribution >= 0.6 is 0 Å². The Morgan fingerprint density at radius 1 is 1.04 bits per heavy atom. The van der Waals surface area contributed by atoms with Crippen LogP contribution in [0.1, 0.15) is 31.1 Å². The SMILES string of the molecule is COc1ccc(-c2ccc3nnc([C@H]4CCCCN4)n3n2)cc1OC. The normalized spacial score (nSPS) is 17.6. The van der Waals surface area contributed by atoms with Crippen LogP contribution in [0.4, 0.5) is 0 Å². The van der Waals surface area contributed by atoms with Crippen LogP contribution in [0.2, 0.25) is 0 Å². The van der Waals surface area contributed by atoms with Gasteiger partial charge in [-0.3, -0.25) is 0 Å². The first-order valence-electron chi connectivity index (χ1n) is 8.48. The van der Waals surface area contributed by atoms with Crippen LogP contribution in [0.3, 0.4) is 0 Å². The maximum atomic E-state index is 5.40. The molecule has 0 amide bonds. The quantitative estimate of drug-likeness (QED) is 0.788. The topological polar surface area (TPSA) is 73.6 Å². The van der Waals surface area contributed by atoms with Gasteiger partial charge in [0.25, 0.3) is 0 Å². The Morgan fingerprint density at radius 3 is 2.68 bits per heavy atom. The largest absolute Gasteiger partial charge is 0.493 e. The van der Waals surface area contributed by atoms with Gasteiger partial charge >= 0.3 is 0 Å². The first-order valence-corrected chi connectivity index (χ1v) is 8.48.